The van der Waals surface area contributed by atoms with Gasteiger partial charge in [0.05, 0.1) is 11.5 Å². The third-order valence-corrected chi connectivity index (χ3v) is 3.29. The van der Waals surface area contributed by atoms with Crippen molar-refractivity contribution < 1.29 is 0 Å². The topological polar surface area (TPSA) is 23.8 Å². The molecule has 0 saturated heterocycles. The molecule has 0 spiro atoms. The highest BCUT2D eigenvalue weighted by Gasteiger charge is 2.32. The average molecular weight is 236 g/mol. The number of hydrogen-bond acceptors (Lipinski definition) is 1. The van der Waals surface area contributed by atoms with Crippen LogP contribution in [0.1, 0.15) is 45.1 Å². The van der Waals surface area contributed by atoms with Crippen LogP contribution in [-0.2, 0) is 5.41 Å². The number of hydrogen-bond donors (Lipinski definition) is 0. The highest BCUT2D eigenvalue weighted by atomic mass is 35.5. The van der Waals surface area contributed by atoms with Gasteiger partial charge >= 0.3 is 0 Å². The number of benzene rings is 1. The van der Waals surface area contributed by atoms with Crippen LogP contribution in [0, 0.1) is 11.3 Å². The first-order chi connectivity index (χ1) is 7.70. The SMILES string of the molecule is CCCC(C#N)(CCC)c1ccccc1Cl. The van der Waals surface area contributed by atoms with Crippen LogP contribution in [-0.4, -0.2) is 0 Å². The molecule has 0 bridgehead atoms. The van der Waals surface area contributed by atoms with Crippen molar-refractivity contribution in [3.05, 3.63) is 34.9 Å². The van der Waals surface area contributed by atoms with Crippen LogP contribution in [0.15, 0.2) is 24.3 Å². The van der Waals surface area contributed by atoms with Crippen molar-refractivity contribution in [1.82, 2.24) is 0 Å². The molecule has 86 valence electrons. The molecule has 0 heterocycles. The fraction of sp³-hybridized carbons (Fsp3) is 0.500. The summed E-state index contributed by atoms with van der Waals surface area (Å²) in [4.78, 5) is 0. The van der Waals surface area contributed by atoms with Crippen LogP contribution in [0.4, 0.5) is 0 Å². The number of nitrogens with zero attached hydrogens (tertiary/aromatic N) is 1. The lowest BCUT2D eigenvalue weighted by Gasteiger charge is -2.27. The Morgan fingerprint density at radius 1 is 1.19 bits per heavy atom. The van der Waals surface area contributed by atoms with Gasteiger partial charge in [-0.25, -0.2) is 0 Å². The molecule has 0 unspecified atom stereocenters. The van der Waals surface area contributed by atoms with Crippen molar-refractivity contribution in [2.75, 3.05) is 0 Å². The third kappa shape index (κ3) is 2.57. The molecule has 0 amide bonds. The zero-order valence-electron chi connectivity index (χ0n) is 9.96. The van der Waals surface area contributed by atoms with Gasteiger partial charge in [-0.15, -0.1) is 0 Å². The fourth-order valence-corrected chi connectivity index (χ4v) is 2.59. The molecule has 0 aromatic heterocycles. The largest absolute Gasteiger partial charge is 0.197 e. The minimum Gasteiger partial charge on any atom is -0.197 e. The Balaban J connectivity index is 3.20. The maximum atomic E-state index is 9.51. The summed E-state index contributed by atoms with van der Waals surface area (Å²) < 4.78 is 0. The molecule has 0 N–H and O–H groups in total. The summed E-state index contributed by atoms with van der Waals surface area (Å²) in [5.74, 6) is 0. The molecule has 2 heteroatoms. The Morgan fingerprint density at radius 3 is 2.19 bits per heavy atom. The third-order valence-electron chi connectivity index (χ3n) is 2.96. The molecule has 0 aliphatic rings. The summed E-state index contributed by atoms with van der Waals surface area (Å²) in [5.41, 5.74) is 0.588. The minimum absolute atomic E-state index is 0.401. The molecule has 0 radical (unpaired) electrons. The van der Waals surface area contributed by atoms with Crippen molar-refractivity contribution in [2.24, 2.45) is 0 Å². The van der Waals surface area contributed by atoms with Crippen molar-refractivity contribution >= 4 is 11.6 Å². The molecule has 16 heavy (non-hydrogen) atoms. The Bertz CT molecular complexity index is 373. The quantitative estimate of drug-likeness (QED) is 0.726. The summed E-state index contributed by atoms with van der Waals surface area (Å²) in [6.07, 6.45) is 3.75. The summed E-state index contributed by atoms with van der Waals surface area (Å²) in [6.45, 7) is 4.22. The summed E-state index contributed by atoms with van der Waals surface area (Å²) in [6, 6.07) is 10.2. The predicted octanol–water partition coefficient (Wildman–Crippen LogP) is 4.70. The van der Waals surface area contributed by atoms with E-state index >= 15 is 0 Å². The molecule has 0 aliphatic heterocycles. The lowest BCUT2D eigenvalue weighted by atomic mass is 9.75. The van der Waals surface area contributed by atoms with Crippen molar-refractivity contribution in [2.45, 2.75) is 44.9 Å². The molecule has 1 aromatic rings. The van der Waals surface area contributed by atoms with Crippen molar-refractivity contribution in [3.8, 4) is 6.07 Å². The van der Waals surface area contributed by atoms with Gasteiger partial charge in [0.1, 0.15) is 0 Å². The van der Waals surface area contributed by atoms with E-state index in [0.717, 1.165) is 31.2 Å². The highest BCUT2D eigenvalue weighted by Crippen LogP contribution is 2.37. The molecule has 0 atom stereocenters. The zero-order valence-corrected chi connectivity index (χ0v) is 10.7. The minimum atomic E-state index is -0.401. The molecule has 0 saturated carbocycles. The average Bonchev–Trinajstić information content (AvgIpc) is 2.29. The Kier molecular flexibility index (Phi) is 4.83. The maximum Gasteiger partial charge on any atom is 0.0836 e. The van der Waals surface area contributed by atoms with Gasteiger partial charge in [0.25, 0.3) is 0 Å². The van der Waals surface area contributed by atoms with E-state index in [1.165, 1.54) is 0 Å². The van der Waals surface area contributed by atoms with Gasteiger partial charge in [0.2, 0.25) is 0 Å². The van der Waals surface area contributed by atoms with E-state index in [-0.39, 0.29) is 0 Å². The van der Waals surface area contributed by atoms with Crippen LogP contribution in [0.2, 0.25) is 5.02 Å². The monoisotopic (exact) mass is 235 g/mol. The maximum absolute atomic E-state index is 9.51. The van der Waals surface area contributed by atoms with Crippen molar-refractivity contribution in [3.63, 3.8) is 0 Å². The second kappa shape index (κ2) is 5.92. The number of halogens is 1. The molecule has 1 nitrogen and oxygen atoms in total. The van der Waals surface area contributed by atoms with Crippen molar-refractivity contribution in [1.29, 1.82) is 5.26 Å². The molecular formula is C14H18ClN. The molecule has 0 fully saturated rings. The molecule has 1 aromatic carbocycles. The van der Waals surface area contributed by atoms with Gasteiger partial charge < -0.3 is 0 Å². The summed E-state index contributed by atoms with van der Waals surface area (Å²) in [5, 5.41) is 10.2. The normalized spacial score (nSPS) is 11.1. The van der Waals surface area contributed by atoms with Crippen LogP contribution >= 0.6 is 11.6 Å². The molecular weight excluding hydrogens is 218 g/mol. The summed E-state index contributed by atoms with van der Waals surface area (Å²) in [7, 11) is 0. The van der Waals surface area contributed by atoms with E-state index in [2.05, 4.69) is 19.9 Å². The number of nitriles is 1. The van der Waals surface area contributed by atoms with Crippen LogP contribution < -0.4 is 0 Å². The molecule has 0 aliphatic carbocycles. The first kappa shape index (κ1) is 13.1. The van der Waals surface area contributed by atoms with Gasteiger partial charge in [-0.3, -0.25) is 0 Å². The predicted molar refractivity (Wildman–Crippen MR) is 68.6 cm³/mol. The van der Waals surface area contributed by atoms with Gasteiger partial charge in [-0.2, -0.15) is 5.26 Å². The van der Waals surface area contributed by atoms with Gasteiger partial charge in [0.15, 0.2) is 0 Å². The second-order valence-electron chi connectivity index (χ2n) is 4.17. The van der Waals surface area contributed by atoms with E-state index in [9.17, 15) is 5.26 Å². The van der Waals surface area contributed by atoms with E-state index < -0.39 is 5.41 Å². The van der Waals surface area contributed by atoms with Crippen LogP contribution in [0.5, 0.6) is 0 Å². The van der Waals surface area contributed by atoms with E-state index in [0.29, 0.717) is 5.02 Å². The van der Waals surface area contributed by atoms with E-state index in [1.807, 2.05) is 24.3 Å². The van der Waals surface area contributed by atoms with Crippen LogP contribution in [0.3, 0.4) is 0 Å². The highest BCUT2D eigenvalue weighted by molar-refractivity contribution is 6.31. The number of rotatable bonds is 5. The lowest BCUT2D eigenvalue weighted by Crippen LogP contribution is -2.24. The fourth-order valence-electron chi connectivity index (χ4n) is 2.27. The Labute approximate surface area is 103 Å². The van der Waals surface area contributed by atoms with Gasteiger partial charge in [-0.05, 0) is 24.5 Å². The summed E-state index contributed by atoms with van der Waals surface area (Å²) >= 11 is 6.21. The van der Waals surface area contributed by atoms with Crippen LogP contribution in [0.25, 0.3) is 0 Å². The second-order valence-corrected chi connectivity index (χ2v) is 4.58. The Morgan fingerprint density at radius 2 is 1.75 bits per heavy atom. The van der Waals surface area contributed by atoms with E-state index in [4.69, 9.17) is 11.6 Å². The first-order valence-corrected chi connectivity index (χ1v) is 6.24. The molecule has 1 rings (SSSR count). The van der Waals surface area contributed by atoms with Gasteiger partial charge in [0, 0.05) is 5.02 Å². The zero-order chi connectivity index (χ0) is 12.0. The standard InChI is InChI=1S/C14H18ClN/c1-3-9-14(11-16,10-4-2)12-7-5-6-8-13(12)15/h5-8H,3-4,9-10H2,1-2H3. The lowest BCUT2D eigenvalue weighted by molar-refractivity contribution is 0.453. The van der Waals surface area contributed by atoms with E-state index in [1.54, 1.807) is 0 Å². The van der Waals surface area contributed by atoms with Gasteiger partial charge in [-0.1, -0.05) is 56.5 Å². The first-order valence-electron chi connectivity index (χ1n) is 5.86. The smallest absolute Gasteiger partial charge is 0.0836 e. The Hall–Kier alpha value is -1.00.